The number of benzene rings is 1. The number of ether oxygens (including phenoxy) is 1. The van der Waals surface area contributed by atoms with Crippen LogP contribution in [0.15, 0.2) is 22.7 Å². The van der Waals surface area contributed by atoms with Crippen molar-refractivity contribution >= 4 is 21.8 Å². The molecule has 0 radical (unpaired) electrons. The second-order valence-electron chi connectivity index (χ2n) is 5.00. The van der Waals surface area contributed by atoms with Gasteiger partial charge in [-0.1, -0.05) is 29.8 Å². The molecule has 0 saturated carbocycles. The number of carbonyl (C=O) groups excluding carboxylic acids is 1. The van der Waals surface area contributed by atoms with Crippen LogP contribution < -0.4 is 15.4 Å². The van der Waals surface area contributed by atoms with E-state index in [1.807, 2.05) is 18.2 Å². The van der Waals surface area contributed by atoms with Crippen LogP contribution in [-0.2, 0) is 11.3 Å². The van der Waals surface area contributed by atoms with E-state index < -0.39 is 0 Å². The number of nitrogens with zero attached hydrogens (tertiary/aromatic N) is 1. The number of nitrogens with one attached hydrogen (secondary N) is 2. The topological polar surface area (TPSA) is 74.2 Å². The summed E-state index contributed by atoms with van der Waals surface area (Å²) < 4.78 is 6.42. The molecule has 0 aliphatic rings. The smallest absolute Gasteiger partial charge is 0.258 e. The Hall–Kier alpha value is -1.58. The summed E-state index contributed by atoms with van der Waals surface area (Å²) in [4.78, 5) is 11.4. The first-order chi connectivity index (χ1) is 10.0. The SMILES string of the molecule is CC(C)CNCc1cc(OCC(=O)NCC#N)ccc1Br. The molecule has 0 atom stereocenters. The third-order valence-electron chi connectivity index (χ3n) is 2.62. The Bertz CT molecular complexity index is 512. The van der Waals surface area contributed by atoms with E-state index >= 15 is 0 Å². The minimum Gasteiger partial charge on any atom is -0.484 e. The lowest BCUT2D eigenvalue weighted by molar-refractivity contribution is -0.122. The highest BCUT2D eigenvalue weighted by atomic mass is 79.9. The number of hydrogen-bond donors (Lipinski definition) is 2. The van der Waals surface area contributed by atoms with Crippen LogP contribution in [0.4, 0.5) is 0 Å². The van der Waals surface area contributed by atoms with E-state index in [-0.39, 0.29) is 19.1 Å². The van der Waals surface area contributed by atoms with Crippen molar-refractivity contribution in [3.8, 4) is 11.8 Å². The number of rotatable bonds is 8. The number of nitriles is 1. The third-order valence-corrected chi connectivity index (χ3v) is 3.39. The van der Waals surface area contributed by atoms with Crippen molar-refractivity contribution in [1.29, 1.82) is 5.26 Å². The summed E-state index contributed by atoms with van der Waals surface area (Å²) in [6, 6.07) is 7.44. The molecular formula is C15H20BrN3O2. The Labute approximate surface area is 133 Å². The van der Waals surface area contributed by atoms with Gasteiger partial charge in [-0.15, -0.1) is 0 Å². The van der Waals surface area contributed by atoms with Crippen LogP contribution in [0.2, 0.25) is 0 Å². The van der Waals surface area contributed by atoms with Gasteiger partial charge in [-0.25, -0.2) is 0 Å². The molecule has 0 aromatic heterocycles. The van der Waals surface area contributed by atoms with Crippen molar-refractivity contribution in [1.82, 2.24) is 10.6 Å². The number of halogens is 1. The normalized spacial score (nSPS) is 10.2. The largest absolute Gasteiger partial charge is 0.484 e. The van der Waals surface area contributed by atoms with Gasteiger partial charge in [0.1, 0.15) is 12.3 Å². The minimum atomic E-state index is -0.307. The lowest BCUT2D eigenvalue weighted by Gasteiger charge is -2.11. The van der Waals surface area contributed by atoms with E-state index in [1.165, 1.54) is 0 Å². The molecule has 0 fully saturated rings. The molecule has 1 rings (SSSR count). The lowest BCUT2D eigenvalue weighted by atomic mass is 10.2. The van der Waals surface area contributed by atoms with Crippen molar-refractivity contribution in [2.75, 3.05) is 19.7 Å². The Morgan fingerprint density at radius 2 is 2.24 bits per heavy atom. The van der Waals surface area contributed by atoms with E-state index in [9.17, 15) is 4.79 Å². The molecule has 0 aliphatic heterocycles. The van der Waals surface area contributed by atoms with Crippen molar-refractivity contribution in [2.24, 2.45) is 5.92 Å². The van der Waals surface area contributed by atoms with E-state index in [0.717, 1.165) is 23.1 Å². The second-order valence-corrected chi connectivity index (χ2v) is 5.86. The molecule has 6 heteroatoms. The molecule has 114 valence electrons. The summed E-state index contributed by atoms with van der Waals surface area (Å²) in [5.41, 5.74) is 1.07. The van der Waals surface area contributed by atoms with Gasteiger partial charge < -0.3 is 15.4 Å². The first-order valence-electron chi connectivity index (χ1n) is 6.78. The van der Waals surface area contributed by atoms with Gasteiger partial charge in [0.05, 0.1) is 6.07 Å². The fourth-order valence-corrected chi connectivity index (χ4v) is 2.00. The average Bonchev–Trinajstić information content (AvgIpc) is 2.45. The van der Waals surface area contributed by atoms with Gasteiger partial charge in [-0.2, -0.15) is 5.26 Å². The summed E-state index contributed by atoms with van der Waals surface area (Å²) in [7, 11) is 0. The van der Waals surface area contributed by atoms with E-state index in [0.29, 0.717) is 11.7 Å². The van der Waals surface area contributed by atoms with Crippen molar-refractivity contribution in [3.63, 3.8) is 0 Å². The molecule has 0 unspecified atom stereocenters. The Balaban J connectivity index is 2.52. The van der Waals surface area contributed by atoms with Gasteiger partial charge in [-0.05, 0) is 36.2 Å². The van der Waals surface area contributed by atoms with Gasteiger partial charge in [-0.3, -0.25) is 4.79 Å². The zero-order valence-electron chi connectivity index (χ0n) is 12.3. The van der Waals surface area contributed by atoms with Crippen LogP contribution in [0.25, 0.3) is 0 Å². The Morgan fingerprint density at radius 1 is 1.48 bits per heavy atom. The van der Waals surface area contributed by atoms with E-state index in [1.54, 1.807) is 6.07 Å². The molecule has 1 aromatic carbocycles. The van der Waals surface area contributed by atoms with E-state index in [2.05, 4.69) is 40.4 Å². The number of carbonyl (C=O) groups is 1. The van der Waals surface area contributed by atoms with Crippen molar-refractivity contribution < 1.29 is 9.53 Å². The second kappa shape index (κ2) is 9.37. The summed E-state index contributed by atoms with van der Waals surface area (Å²) in [6.07, 6.45) is 0. The summed E-state index contributed by atoms with van der Waals surface area (Å²) in [5.74, 6) is 0.914. The molecule has 21 heavy (non-hydrogen) atoms. The van der Waals surface area contributed by atoms with Gasteiger partial charge in [0.2, 0.25) is 0 Å². The van der Waals surface area contributed by atoms with Gasteiger partial charge in [0.15, 0.2) is 6.61 Å². The first-order valence-corrected chi connectivity index (χ1v) is 7.57. The molecule has 0 spiro atoms. The van der Waals surface area contributed by atoms with Crippen LogP contribution in [0.1, 0.15) is 19.4 Å². The molecule has 0 saturated heterocycles. The van der Waals surface area contributed by atoms with Crippen LogP contribution in [0, 0.1) is 17.2 Å². The standard InChI is InChI=1S/C15H20BrN3O2/c1-11(2)8-18-9-12-7-13(3-4-14(12)16)21-10-15(20)19-6-5-17/h3-4,7,11,18H,6,8-10H2,1-2H3,(H,19,20). The molecule has 0 aliphatic carbocycles. The monoisotopic (exact) mass is 353 g/mol. The summed E-state index contributed by atoms with van der Waals surface area (Å²) in [5, 5.41) is 14.2. The number of amides is 1. The zero-order chi connectivity index (χ0) is 15.7. The first kappa shape index (κ1) is 17.5. The van der Waals surface area contributed by atoms with Crippen molar-refractivity contribution in [2.45, 2.75) is 20.4 Å². The lowest BCUT2D eigenvalue weighted by Crippen LogP contribution is -2.29. The molecule has 2 N–H and O–H groups in total. The van der Waals surface area contributed by atoms with Crippen LogP contribution in [-0.4, -0.2) is 25.6 Å². The third kappa shape index (κ3) is 7.11. The maximum Gasteiger partial charge on any atom is 0.258 e. The van der Waals surface area contributed by atoms with Gasteiger partial charge in [0, 0.05) is 11.0 Å². The fraction of sp³-hybridized carbons (Fsp3) is 0.467. The highest BCUT2D eigenvalue weighted by Crippen LogP contribution is 2.22. The Morgan fingerprint density at radius 3 is 2.90 bits per heavy atom. The van der Waals surface area contributed by atoms with Crippen molar-refractivity contribution in [3.05, 3.63) is 28.2 Å². The molecular weight excluding hydrogens is 334 g/mol. The number of hydrogen-bond acceptors (Lipinski definition) is 4. The summed E-state index contributed by atoms with van der Waals surface area (Å²) in [6.45, 7) is 5.88. The Kier molecular flexibility index (Phi) is 7.80. The molecule has 1 amide bonds. The maximum atomic E-state index is 11.4. The predicted molar refractivity (Wildman–Crippen MR) is 84.8 cm³/mol. The zero-order valence-corrected chi connectivity index (χ0v) is 13.9. The van der Waals surface area contributed by atoms with E-state index in [4.69, 9.17) is 10.00 Å². The minimum absolute atomic E-state index is 0.00704. The highest BCUT2D eigenvalue weighted by molar-refractivity contribution is 9.10. The van der Waals surface area contributed by atoms with Crippen LogP contribution in [0.5, 0.6) is 5.75 Å². The fourth-order valence-electron chi connectivity index (χ4n) is 1.61. The predicted octanol–water partition coefficient (Wildman–Crippen LogP) is 2.21. The average molecular weight is 354 g/mol. The maximum absolute atomic E-state index is 11.4. The highest BCUT2D eigenvalue weighted by Gasteiger charge is 2.05. The quantitative estimate of drug-likeness (QED) is 0.702. The van der Waals surface area contributed by atoms with Crippen LogP contribution >= 0.6 is 15.9 Å². The molecule has 0 bridgehead atoms. The van der Waals surface area contributed by atoms with Gasteiger partial charge in [0.25, 0.3) is 5.91 Å². The molecule has 5 nitrogen and oxygen atoms in total. The molecule has 0 heterocycles. The van der Waals surface area contributed by atoms with Gasteiger partial charge >= 0.3 is 0 Å². The molecule has 1 aromatic rings. The van der Waals surface area contributed by atoms with Crippen LogP contribution in [0.3, 0.4) is 0 Å². The summed E-state index contributed by atoms with van der Waals surface area (Å²) >= 11 is 3.50.